The van der Waals surface area contributed by atoms with Gasteiger partial charge in [0.25, 0.3) is 0 Å². The molecule has 17 heavy (non-hydrogen) atoms. The van der Waals surface area contributed by atoms with E-state index in [1.165, 1.54) is 0 Å². The second-order valence-electron chi connectivity index (χ2n) is 3.53. The maximum Gasteiger partial charge on any atom is 0.157 e. The van der Waals surface area contributed by atoms with E-state index in [2.05, 4.69) is 0 Å². The summed E-state index contributed by atoms with van der Waals surface area (Å²) in [6.07, 6.45) is 3.20. The van der Waals surface area contributed by atoms with Crippen LogP contribution in [-0.4, -0.2) is 25.5 Å². The monoisotopic (exact) mass is 234 g/mol. The van der Waals surface area contributed by atoms with Crippen LogP contribution in [0.15, 0.2) is 24.3 Å². The van der Waals surface area contributed by atoms with Crippen molar-refractivity contribution in [2.45, 2.75) is 18.8 Å². The zero-order valence-corrected chi connectivity index (χ0v) is 9.37. The van der Waals surface area contributed by atoms with Crippen LogP contribution in [0.2, 0.25) is 0 Å². The zero-order valence-electron chi connectivity index (χ0n) is 9.37. The van der Waals surface area contributed by atoms with Gasteiger partial charge in [-0.15, -0.1) is 0 Å². The minimum absolute atomic E-state index is 0.0155. The molecular weight excluding hydrogens is 220 g/mol. The number of hydrogen-bond donors (Lipinski definition) is 0. The summed E-state index contributed by atoms with van der Waals surface area (Å²) in [5.41, 5.74) is 0.848. The molecule has 0 saturated heterocycles. The Balaban J connectivity index is 2.66. The van der Waals surface area contributed by atoms with Crippen LogP contribution in [0.5, 0.6) is 5.75 Å². The molecule has 1 aromatic carbocycles. The lowest BCUT2D eigenvalue weighted by atomic mass is 9.96. The maximum absolute atomic E-state index is 10.9. The van der Waals surface area contributed by atoms with Crippen LogP contribution in [0.25, 0.3) is 0 Å². The second kappa shape index (κ2) is 7.33. The lowest BCUT2D eigenvalue weighted by Crippen LogP contribution is -2.02. The van der Waals surface area contributed by atoms with Crippen LogP contribution in [0, 0.1) is 0 Å². The molecule has 0 saturated carbocycles. The van der Waals surface area contributed by atoms with E-state index in [4.69, 9.17) is 4.74 Å². The summed E-state index contributed by atoms with van der Waals surface area (Å²) in [5, 5.41) is 0. The maximum atomic E-state index is 10.9. The van der Waals surface area contributed by atoms with Crippen molar-refractivity contribution in [2.24, 2.45) is 0 Å². The van der Waals surface area contributed by atoms with Crippen molar-refractivity contribution in [1.82, 2.24) is 0 Å². The van der Waals surface area contributed by atoms with Crippen molar-refractivity contribution < 1.29 is 19.1 Å². The summed E-state index contributed by atoms with van der Waals surface area (Å²) >= 11 is 0. The molecule has 0 radical (unpaired) electrons. The number of aldehydes is 3. The summed E-state index contributed by atoms with van der Waals surface area (Å²) < 4.78 is 5.09. The highest BCUT2D eigenvalue weighted by atomic mass is 16.5. The molecule has 1 rings (SSSR count). The van der Waals surface area contributed by atoms with E-state index < -0.39 is 0 Å². The number of rotatable bonds is 8. The first-order valence-electron chi connectivity index (χ1n) is 5.37. The van der Waals surface area contributed by atoms with Crippen LogP contribution in [0.3, 0.4) is 0 Å². The predicted octanol–water partition coefficient (Wildman–Crippen LogP) is 1.53. The molecule has 4 nitrogen and oxygen atoms in total. The minimum Gasteiger partial charge on any atom is -0.486 e. The number of benzene rings is 1. The first kappa shape index (κ1) is 13.1. The average Bonchev–Trinajstić information content (AvgIpc) is 2.38. The quantitative estimate of drug-likeness (QED) is 0.640. The highest BCUT2D eigenvalue weighted by Crippen LogP contribution is 2.21. The number of hydrogen-bond acceptors (Lipinski definition) is 4. The van der Waals surface area contributed by atoms with Crippen LogP contribution >= 0.6 is 0 Å². The molecule has 4 heteroatoms. The fraction of sp³-hybridized carbons (Fsp3) is 0.308. The normalized spacial score (nSPS) is 11.5. The first-order chi connectivity index (χ1) is 8.31. The van der Waals surface area contributed by atoms with E-state index in [0.717, 1.165) is 18.1 Å². The molecule has 0 spiro atoms. The highest BCUT2D eigenvalue weighted by molar-refractivity contribution is 5.63. The summed E-state index contributed by atoms with van der Waals surface area (Å²) in [6, 6.07) is 6.94. The summed E-state index contributed by atoms with van der Waals surface area (Å²) in [5.74, 6) is 0.321. The lowest BCUT2D eigenvalue weighted by molar-refractivity contribution is -0.110. The first-order valence-corrected chi connectivity index (χ1v) is 5.37. The van der Waals surface area contributed by atoms with Crippen LogP contribution in [0.4, 0.5) is 0 Å². The van der Waals surface area contributed by atoms with Crippen molar-refractivity contribution in [2.75, 3.05) is 6.61 Å². The van der Waals surface area contributed by atoms with Crippen molar-refractivity contribution >= 4 is 18.9 Å². The third kappa shape index (κ3) is 4.18. The van der Waals surface area contributed by atoms with Gasteiger partial charge in [0.15, 0.2) is 6.29 Å². The Hall–Kier alpha value is -1.97. The molecule has 1 unspecified atom stereocenters. The van der Waals surface area contributed by atoms with E-state index >= 15 is 0 Å². The van der Waals surface area contributed by atoms with E-state index in [-0.39, 0.29) is 12.5 Å². The third-order valence-electron chi connectivity index (χ3n) is 2.39. The molecule has 1 atom stereocenters. The van der Waals surface area contributed by atoms with Gasteiger partial charge < -0.3 is 14.3 Å². The molecule has 0 aliphatic rings. The van der Waals surface area contributed by atoms with Gasteiger partial charge in [0.1, 0.15) is 24.9 Å². The van der Waals surface area contributed by atoms with Gasteiger partial charge in [-0.1, -0.05) is 12.1 Å². The largest absolute Gasteiger partial charge is 0.486 e. The molecule has 0 aromatic heterocycles. The summed E-state index contributed by atoms with van der Waals surface area (Å²) in [4.78, 5) is 31.2. The van der Waals surface area contributed by atoms with Crippen molar-refractivity contribution in [3.8, 4) is 5.75 Å². The minimum atomic E-state index is -0.264. The Labute approximate surface area is 99.6 Å². The van der Waals surface area contributed by atoms with Gasteiger partial charge in [0.2, 0.25) is 0 Å². The third-order valence-corrected chi connectivity index (χ3v) is 2.39. The van der Waals surface area contributed by atoms with Gasteiger partial charge >= 0.3 is 0 Å². The molecule has 1 aromatic rings. The molecular formula is C13H14O4. The Kier molecular flexibility index (Phi) is 5.64. The standard InChI is InChI=1S/C13H14O4/c14-7-1-2-12(10-16)11-3-5-13(6-4-11)17-9-8-15/h3-8,10,12H,1-2,9H2. The molecule has 0 aliphatic carbocycles. The van der Waals surface area contributed by atoms with Crippen molar-refractivity contribution in [1.29, 1.82) is 0 Å². The van der Waals surface area contributed by atoms with Gasteiger partial charge in [-0.25, -0.2) is 0 Å². The SMILES string of the molecule is O=CCCC(C=O)c1ccc(OCC=O)cc1. The Morgan fingerprint density at radius 3 is 2.29 bits per heavy atom. The fourth-order valence-electron chi connectivity index (χ4n) is 1.50. The average molecular weight is 234 g/mol. The smallest absolute Gasteiger partial charge is 0.157 e. The van der Waals surface area contributed by atoms with Crippen LogP contribution < -0.4 is 4.74 Å². The van der Waals surface area contributed by atoms with Gasteiger partial charge in [0.05, 0.1) is 0 Å². The van der Waals surface area contributed by atoms with Gasteiger partial charge in [-0.2, -0.15) is 0 Å². The Morgan fingerprint density at radius 2 is 1.76 bits per heavy atom. The second-order valence-corrected chi connectivity index (χ2v) is 3.53. The Morgan fingerprint density at radius 1 is 1.06 bits per heavy atom. The highest BCUT2D eigenvalue weighted by Gasteiger charge is 2.09. The van der Waals surface area contributed by atoms with E-state index in [9.17, 15) is 14.4 Å². The van der Waals surface area contributed by atoms with E-state index in [0.29, 0.717) is 24.9 Å². The summed E-state index contributed by atoms with van der Waals surface area (Å²) in [7, 11) is 0. The number of carbonyl (C=O) groups excluding carboxylic acids is 3. The van der Waals surface area contributed by atoms with Gasteiger partial charge in [-0.05, 0) is 24.1 Å². The Bertz CT molecular complexity index is 370. The van der Waals surface area contributed by atoms with Crippen LogP contribution in [-0.2, 0) is 14.4 Å². The molecule has 0 fully saturated rings. The number of ether oxygens (including phenoxy) is 1. The fourth-order valence-corrected chi connectivity index (χ4v) is 1.50. The van der Waals surface area contributed by atoms with Gasteiger partial charge in [0, 0.05) is 12.3 Å². The molecule has 0 amide bonds. The molecule has 90 valence electrons. The van der Waals surface area contributed by atoms with E-state index in [1.807, 2.05) is 0 Å². The van der Waals surface area contributed by atoms with E-state index in [1.54, 1.807) is 24.3 Å². The number of carbonyl (C=O) groups is 3. The molecule has 0 bridgehead atoms. The molecule has 0 N–H and O–H groups in total. The summed E-state index contributed by atoms with van der Waals surface area (Å²) in [6.45, 7) is 0.0155. The van der Waals surface area contributed by atoms with Crippen molar-refractivity contribution in [3.63, 3.8) is 0 Å². The van der Waals surface area contributed by atoms with Crippen LogP contribution in [0.1, 0.15) is 24.3 Å². The zero-order chi connectivity index (χ0) is 12.5. The lowest BCUT2D eigenvalue weighted by Gasteiger charge is -2.09. The van der Waals surface area contributed by atoms with Gasteiger partial charge in [-0.3, -0.25) is 4.79 Å². The topological polar surface area (TPSA) is 60.4 Å². The molecule has 0 heterocycles. The molecule has 0 aliphatic heterocycles. The van der Waals surface area contributed by atoms with Crippen molar-refractivity contribution in [3.05, 3.63) is 29.8 Å². The predicted molar refractivity (Wildman–Crippen MR) is 62.1 cm³/mol.